The molecule has 0 saturated heterocycles. The Labute approximate surface area is 119 Å². The van der Waals surface area contributed by atoms with Crippen LogP contribution in [0.3, 0.4) is 0 Å². The molecule has 0 aromatic heterocycles. The summed E-state index contributed by atoms with van der Waals surface area (Å²) in [6.45, 7) is 5.45. The van der Waals surface area contributed by atoms with Gasteiger partial charge in [0, 0.05) is 7.05 Å². The fourth-order valence-corrected chi connectivity index (χ4v) is 2.16. The maximum atomic E-state index is 11.3. The highest BCUT2D eigenvalue weighted by Crippen LogP contribution is 2.42. The molecule has 0 heterocycles. The van der Waals surface area contributed by atoms with Gasteiger partial charge in [-0.15, -0.1) is 0 Å². The van der Waals surface area contributed by atoms with Gasteiger partial charge in [-0.25, -0.2) is 4.79 Å². The SMILES string of the molecule is CNC(=O)Oc1ccc(Br)c([N+](=O)[O-])c1C(C)(C)C. The van der Waals surface area contributed by atoms with Crippen molar-refractivity contribution in [3.05, 3.63) is 32.3 Å². The van der Waals surface area contributed by atoms with Crippen molar-refractivity contribution in [3.8, 4) is 5.75 Å². The number of amides is 1. The van der Waals surface area contributed by atoms with Crippen LogP contribution in [0, 0.1) is 10.1 Å². The van der Waals surface area contributed by atoms with Crippen LogP contribution in [0.4, 0.5) is 10.5 Å². The third kappa shape index (κ3) is 3.44. The van der Waals surface area contributed by atoms with Crippen molar-refractivity contribution in [2.75, 3.05) is 7.05 Å². The molecule has 6 nitrogen and oxygen atoms in total. The molecule has 1 aromatic rings. The molecule has 0 aliphatic rings. The topological polar surface area (TPSA) is 81.5 Å². The number of nitro benzene ring substituents is 1. The van der Waals surface area contributed by atoms with E-state index in [0.29, 0.717) is 10.0 Å². The van der Waals surface area contributed by atoms with Gasteiger partial charge < -0.3 is 10.1 Å². The van der Waals surface area contributed by atoms with Crippen LogP contribution in [0.15, 0.2) is 16.6 Å². The van der Waals surface area contributed by atoms with Gasteiger partial charge in [0.1, 0.15) is 5.75 Å². The highest BCUT2D eigenvalue weighted by molar-refractivity contribution is 9.10. The molecule has 1 rings (SSSR count). The maximum Gasteiger partial charge on any atom is 0.412 e. The first-order valence-corrected chi connectivity index (χ1v) is 6.34. The Morgan fingerprint density at radius 3 is 2.42 bits per heavy atom. The lowest BCUT2D eigenvalue weighted by Crippen LogP contribution is -2.24. The summed E-state index contributed by atoms with van der Waals surface area (Å²) in [6, 6.07) is 3.03. The van der Waals surface area contributed by atoms with E-state index in [-0.39, 0.29) is 11.4 Å². The minimum Gasteiger partial charge on any atom is -0.410 e. The predicted octanol–water partition coefficient (Wildman–Crippen LogP) is 3.37. The molecule has 0 bridgehead atoms. The third-order valence-corrected chi connectivity index (χ3v) is 3.07. The largest absolute Gasteiger partial charge is 0.412 e. The average molecular weight is 331 g/mol. The molecule has 0 aliphatic carbocycles. The number of rotatable bonds is 2. The fraction of sp³-hybridized carbons (Fsp3) is 0.417. The monoisotopic (exact) mass is 330 g/mol. The van der Waals surface area contributed by atoms with Crippen LogP contribution < -0.4 is 10.1 Å². The maximum absolute atomic E-state index is 11.3. The summed E-state index contributed by atoms with van der Waals surface area (Å²) >= 11 is 3.16. The molecule has 0 fully saturated rings. The van der Waals surface area contributed by atoms with E-state index in [2.05, 4.69) is 21.2 Å². The van der Waals surface area contributed by atoms with Crippen molar-refractivity contribution >= 4 is 27.7 Å². The van der Waals surface area contributed by atoms with E-state index in [1.165, 1.54) is 19.2 Å². The number of nitrogens with one attached hydrogen (secondary N) is 1. The molecule has 19 heavy (non-hydrogen) atoms. The number of ether oxygens (including phenoxy) is 1. The summed E-state index contributed by atoms with van der Waals surface area (Å²) < 4.78 is 5.45. The number of nitro groups is 1. The first-order chi connectivity index (χ1) is 8.68. The van der Waals surface area contributed by atoms with Gasteiger partial charge in [-0.3, -0.25) is 10.1 Å². The predicted molar refractivity (Wildman–Crippen MR) is 74.6 cm³/mol. The standard InChI is InChI=1S/C12H15BrN2O4/c1-12(2,3)9-8(19-11(16)14-4)6-5-7(13)10(9)15(17)18/h5-6H,1-4H3,(H,14,16). The second kappa shape index (κ2) is 5.56. The summed E-state index contributed by atoms with van der Waals surface area (Å²) in [4.78, 5) is 22.0. The molecule has 7 heteroatoms. The summed E-state index contributed by atoms with van der Waals surface area (Å²) in [5.74, 6) is 0.182. The van der Waals surface area contributed by atoms with E-state index >= 15 is 0 Å². The van der Waals surface area contributed by atoms with Crippen LogP contribution in [0.25, 0.3) is 0 Å². The van der Waals surface area contributed by atoms with Crippen molar-refractivity contribution in [1.82, 2.24) is 5.32 Å². The van der Waals surface area contributed by atoms with E-state index in [4.69, 9.17) is 4.74 Å². The third-order valence-electron chi connectivity index (χ3n) is 2.43. The van der Waals surface area contributed by atoms with Gasteiger partial charge in [-0.05, 0) is 33.5 Å². The Morgan fingerprint density at radius 1 is 1.42 bits per heavy atom. The minimum absolute atomic E-state index is 0.0890. The molecule has 0 aliphatic heterocycles. The van der Waals surface area contributed by atoms with E-state index in [9.17, 15) is 14.9 Å². The molecular weight excluding hydrogens is 316 g/mol. The molecule has 1 amide bonds. The van der Waals surface area contributed by atoms with Crippen LogP contribution in [0.1, 0.15) is 26.3 Å². The van der Waals surface area contributed by atoms with Crippen molar-refractivity contribution in [2.45, 2.75) is 26.2 Å². The first-order valence-electron chi connectivity index (χ1n) is 5.55. The van der Waals surface area contributed by atoms with Crippen molar-refractivity contribution < 1.29 is 14.5 Å². The van der Waals surface area contributed by atoms with Gasteiger partial charge in [0.05, 0.1) is 15.0 Å². The van der Waals surface area contributed by atoms with E-state index in [0.717, 1.165) is 0 Å². The molecule has 0 saturated carbocycles. The first kappa shape index (κ1) is 15.4. The van der Waals surface area contributed by atoms with Crippen LogP contribution in [0.5, 0.6) is 5.75 Å². The quantitative estimate of drug-likeness (QED) is 0.665. The van der Waals surface area contributed by atoms with Crippen LogP contribution >= 0.6 is 15.9 Å². The van der Waals surface area contributed by atoms with Gasteiger partial charge in [0.2, 0.25) is 0 Å². The van der Waals surface area contributed by atoms with E-state index in [1.807, 2.05) is 20.8 Å². The van der Waals surface area contributed by atoms with E-state index < -0.39 is 16.4 Å². The molecule has 0 spiro atoms. The second-order valence-electron chi connectivity index (χ2n) is 4.92. The Morgan fingerprint density at radius 2 is 2.00 bits per heavy atom. The number of halogens is 1. The van der Waals surface area contributed by atoms with Crippen molar-refractivity contribution in [1.29, 1.82) is 0 Å². The normalized spacial score (nSPS) is 11.0. The zero-order valence-electron chi connectivity index (χ0n) is 11.1. The van der Waals surface area contributed by atoms with Crippen molar-refractivity contribution in [2.24, 2.45) is 0 Å². The van der Waals surface area contributed by atoms with Gasteiger partial charge >= 0.3 is 6.09 Å². The van der Waals surface area contributed by atoms with Crippen molar-refractivity contribution in [3.63, 3.8) is 0 Å². The lowest BCUT2D eigenvalue weighted by Gasteiger charge is -2.22. The number of benzene rings is 1. The van der Waals surface area contributed by atoms with Crippen LogP contribution in [-0.4, -0.2) is 18.1 Å². The zero-order chi connectivity index (χ0) is 14.8. The summed E-state index contributed by atoms with van der Waals surface area (Å²) in [7, 11) is 1.42. The smallest absolute Gasteiger partial charge is 0.410 e. The Balaban J connectivity index is 3.52. The summed E-state index contributed by atoms with van der Waals surface area (Å²) in [5, 5.41) is 13.5. The van der Waals surface area contributed by atoms with Crippen LogP contribution in [0.2, 0.25) is 0 Å². The summed E-state index contributed by atoms with van der Waals surface area (Å²) in [6.07, 6.45) is -0.665. The highest BCUT2D eigenvalue weighted by atomic mass is 79.9. The molecular formula is C12H15BrN2O4. The Hall–Kier alpha value is -1.63. The van der Waals surface area contributed by atoms with Gasteiger partial charge in [0.15, 0.2) is 0 Å². The van der Waals surface area contributed by atoms with Gasteiger partial charge in [-0.2, -0.15) is 0 Å². The van der Waals surface area contributed by atoms with E-state index in [1.54, 1.807) is 0 Å². The van der Waals surface area contributed by atoms with Gasteiger partial charge in [-0.1, -0.05) is 20.8 Å². The molecule has 0 atom stereocenters. The number of nitrogens with zero attached hydrogens (tertiary/aromatic N) is 1. The number of carbonyl (C=O) groups excluding carboxylic acids is 1. The van der Waals surface area contributed by atoms with Gasteiger partial charge in [0.25, 0.3) is 5.69 Å². The zero-order valence-corrected chi connectivity index (χ0v) is 12.7. The number of hydrogen-bond acceptors (Lipinski definition) is 4. The lowest BCUT2D eigenvalue weighted by molar-refractivity contribution is -0.386. The second-order valence-corrected chi connectivity index (χ2v) is 5.77. The Kier molecular flexibility index (Phi) is 4.52. The molecule has 1 N–H and O–H groups in total. The minimum atomic E-state index is -0.665. The molecule has 0 radical (unpaired) electrons. The molecule has 1 aromatic carbocycles. The summed E-state index contributed by atoms with van der Waals surface area (Å²) in [5.41, 5.74) is -0.264. The number of hydrogen-bond donors (Lipinski definition) is 1. The number of carbonyl (C=O) groups is 1. The van der Waals surface area contributed by atoms with Crippen LogP contribution in [-0.2, 0) is 5.41 Å². The Bertz CT molecular complexity index is 523. The fourth-order valence-electron chi connectivity index (χ4n) is 1.69. The highest BCUT2D eigenvalue weighted by Gasteiger charge is 2.32. The molecule has 104 valence electrons. The average Bonchev–Trinajstić information content (AvgIpc) is 2.28. The lowest BCUT2D eigenvalue weighted by atomic mass is 9.85. The molecule has 0 unspecified atom stereocenters.